The summed E-state index contributed by atoms with van der Waals surface area (Å²) in [6, 6.07) is 6.10. The Morgan fingerprint density at radius 2 is 1.70 bits per heavy atom. The lowest BCUT2D eigenvalue weighted by Crippen LogP contribution is -2.13. The maximum absolute atomic E-state index is 13.1. The summed E-state index contributed by atoms with van der Waals surface area (Å²) in [6.45, 7) is -3.08. The van der Waals surface area contributed by atoms with Gasteiger partial charge in [-0.05, 0) is 24.3 Å². The van der Waals surface area contributed by atoms with Crippen LogP contribution in [-0.2, 0) is 0 Å². The third kappa shape index (κ3) is 4.35. The van der Waals surface area contributed by atoms with E-state index < -0.39 is 24.2 Å². The molecule has 0 spiro atoms. The highest BCUT2D eigenvalue weighted by Crippen LogP contribution is 2.31. The molecule has 0 fully saturated rings. The van der Waals surface area contributed by atoms with Crippen molar-refractivity contribution >= 4 is 11.6 Å². The molecule has 0 aliphatic carbocycles. The van der Waals surface area contributed by atoms with Gasteiger partial charge in [0.05, 0.1) is 7.11 Å². The van der Waals surface area contributed by atoms with Crippen LogP contribution in [0.2, 0.25) is 0 Å². The van der Waals surface area contributed by atoms with E-state index in [-0.39, 0.29) is 22.7 Å². The SMILES string of the molecule is COc1ccc(NC(=O)c2cc(F)cc(F)c2)cc1OC(F)F. The van der Waals surface area contributed by atoms with Crippen LogP contribution in [0.3, 0.4) is 0 Å². The van der Waals surface area contributed by atoms with Gasteiger partial charge >= 0.3 is 6.61 Å². The minimum absolute atomic E-state index is 0.0418. The molecule has 0 aliphatic rings. The Morgan fingerprint density at radius 3 is 2.26 bits per heavy atom. The van der Waals surface area contributed by atoms with Crippen molar-refractivity contribution in [2.24, 2.45) is 0 Å². The van der Waals surface area contributed by atoms with Gasteiger partial charge in [0.2, 0.25) is 0 Å². The molecule has 122 valence electrons. The standard InChI is InChI=1S/C15H11F4NO3/c1-22-12-3-2-11(7-13(12)23-15(18)19)20-14(21)8-4-9(16)6-10(17)5-8/h2-7,15H,1H3,(H,20,21). The smallest absolute Gasteiger partial charge is 0.387 e. The average molecular weight is 329 g/mol. The number of nitrogens with one attached hydrogen (secondary N) is 1. The Kier molecular flexibility index (Phi) is 5.05. The van der Waals surface area contributed by atoms with Gasteiger partial charge in [-0.2, -0.15) is 8.78 Å². The fourth-order valence-electron chi connectivity index (χ4n) is 1.83. The second-order valence-electron chi connectivity index (χ2n) is 4.36. The van der Waals surface area contributed by atoms with Crippen molar-refractivity contribution in [3.63, 3.8) is 0 Å². The number of anilines is 1. The molecule has 0 atom stereocenters. The van der Waals surface area contributed by atoms with Gasteiger partial charge in [-0.1, -0.05) is 0 Å². The number of amides is 1. The van der Waals surface area contributed by atoms with Crippen LogP contribution in [0.4, 0.5) is 23.2 Å². The highest BCUT2D eigenvalue weighted by molar-refractivity contribution is 6.04. The third-order valence-electron chi connectivity index (χ3n) is 2.76. The molecule has 0 heterocycles. The maximum Gasteiger partial charge on any atom is 0.387 e. The van der Waals surface area contributed by atoms with E-state index >= 15 is 0 Å². The van der Waals surface area contributed by atoms with Gasteiger partial charge < -0.3 is 14.8 Å². The van der Waals surface area contributed by atoms with Crippen LogP contribution in [0.1, 0.15) is 10.4 Å². The zero-order chi connectivity index (χ0) is 17.0. The third-order valence-corrected chi connectivity index (χ3v) is 2.76. The first kappa shape index (κ1) is 16.6. The number of hydrogen-bond donors (Lipinski definition) is 1. The van der Waals surface area contributed by atoms with E-state index in [1.807, 2.05) is 0 Å². The van der Waals surface area contributed by atoms with Gasteiger partial charge in [-0.15, -0.1) is 0 Å². The molecule has 2 aromatic rings. The largest absolute Gasteiger partial charge is 0.493 e. The van der Waals surface area contributed by atoms with Crippen molar-refractivity contribution in [2.75, 3.05) is 12.4 Å². The van der Waals surface area contributed by atoms with Crippen LogP contribution in [0.15, 0.2) is 36.4 Å². The first-order valence-electron chi connectivity index (χ1n) is 6.29. The Balaban J connectivity index is 2.23. The molecule has 2 rings (SSSR count). The van der Waals surface area contributed by atoms with E-state index in [1.54, 1.807) is 0 Å². The Bertz CT molecular complexity index is 702. The molecular formula is C15H11F4NO3. The number of ether oxygens (including phenoxy) is 2. The maximum atomic E-state index is 13.1. The van der Waals surface area contributed by atoms with Crippen LogP contribution in [0.5, 0.6) is 11.5 Å². The summed E-state index contributed by atoms with van der Waals surface area (Å²) in [5, 5.41) is 2.32. The van der Waals surface area contributed by atoms with E-state index in [0.717, 1.165) is 18.2 Å². The molecule has 0 saturated heterocycles. The Labute approximate surface area is 128 Å². The summed E-state index contributed by atoms with van der Waals surface area (Å²) >= 11 is 0. The second-order valence-corrected chi connectivity index (χ2v) is 4.36. The van der Waals surface area contributed by atoms with E-state index in [4.69, 9.17) is 4.74 Å². The van der Waals surface area contributed by atoms with E-state index in [1.165, 1.54) is 19.2 Å². The number of rotatable bonds is 5. The molecule has 0 aliphatic heterocycles. The summed E-state index contributed by atoms with van der Waals surface area (Å²) in [6.07, 6.45) is 0. The molecule has 0 radical (unpaired) electrons. The van der Waals surface area contributed by atoms with Crippen LogP contribution >= 0.6 is 0 Å². The van der Waals surface area contributed by atoms with Crippen molar-refractivity contribution in [3.05, 3.63) is 53.6 Å². The lowest BCUT2D eigenvalue weighted by molar-refractivity contribution is -0.0511. The molecule has 0 bridgehead atoms. The van der Waals surface area contributed by atoms with Gasteiger partial charge in [0, 0.05) is 23.4 Å². The number of methoxy groups -OCH3 is 1. The zero-order valence-electron chi connectivity index (χ0n) is 11.8. The molecule has 23 heavy (non-hydrogen) atoms. The van der Waals surface area contributed by atoms with E-state index in [0.29, 0.717) is 6.07 Å². The molecule has 1 N–H and O–H groups in total. The van der Waals surface area contributed by atoms with Crippen LogP contribution in [0.25, 0.3) is 0 Å². The highest BCUT2D eigenvalue weighted by Gasteiger charge is 2.14. The number of carbonyl (C=O) groups excluding carboxylic acids is 1. The minimum Gasteiger partial charge on any atom is -0.493 e. The monoisotopic (exact) mass is 329 g/mol. The van der Waals surface area contributed by atoms with Crippen molar-refractivity contribution in [1.29, 1.82) is 0 Å². The summed E-state index contributed by atoms with van der Waals surface area (Å²) < 4.78 is 60.0. The Morgan fingerprint density at radius 1 is 1.04 bits per heavy atom. The number of hydrogen-bond acceptors (Lipinski definition) is 3. The Hall–Kier alpha value is -2.77. The van der Waals surface area contributed by atoms with Gasteiger partial charge in [-0.25, -0.2) is 8.78 Å². The number of benzene rings is 2. The molecule has 8 heteroatoms. The lowest BCUT2D eigenvalue weighted by atomic mass is 10.2. The van der Waals surface area contributed by atoms with Crippen LogP contribution in [-0.4, -0.2) is 19.6 Å². The van der Waals surface area contributed by atoms with E-state index in [9.17, 15) is 22.4 Å². The number of alkyl halides is 2. The summed E-state index contributed by atoms with van der Waals surface area (Å²) in [4.78, 5) is 11.9. The number of halogens is 4. The zero-order valence-corrected chi connectivity index (χ0v) is 11.8. The summed E-state index contributed by atoms with van der Waals surface area (Å²) in [7, 11) is 1.27. The minimum atomic E-state index is -3.08. The first-order valence-corrected chi connectivity index (χ1v) is 6.29. The molecule has 1 amide bonds. The molecule has 2 aromatic carbocycles. The molecule has 0 aromatic heterocycles. The van der Waals surface area contributed by atoms with Gasteiger partial charge in [0.15, 0.2) is 11.5 Å². The average Bonchev–Trinajstić information content (AvgIpc) is 2.46. The fourth-order valence-corrected chi connectivity index (χ4v) is 1.83. The van der Waals surface area contributed by atoms with E-state index in [2.05, 4.69) is 10.1 Å². The van der Waals surface area contributed by atoms with Crippen molar-refractivity contribution < 1.29 is 31.8 Å². The lowest BCUT2D eigenvalue weighted by Gasteiger charge is -2.12. The van der Waals surface area contributed by atoms with Crippen LogP contribution < -0.4 is 14.8 Å². The van der Waals surface area contributed by atoms with Crippen molar-refractivity contribution in [3.8, 4) is 11.5 Å². The molecule has 0 unspecified atom stereocenters. The van der Waals surface area contributed by atoms with Gasteiger partial charge in [0.1, 0.15) is 11.6 Å². The molecule has 4 nitrogen and oxygen atoms in total. The van der Waals surface area contributed by atoms with Crippen molar-refractivity contribution in [1.82, 2.24) is 0 Å². The predicted molar refractivity (Wildman–Crippen MR) is 73.9 cm³/mol. The van der Waals surface area contributed by atoms with Gasteiger partial charge in [-0.3, -0.25) is 4.79 Å². The number of carbonyl (C=O) groups is 1. The summed E-state index contributed by atoms with van der Waals surface area (Å²) in [5.41, 5.74) is -0.161. The highest BCUT2D eigenvalue weighted by atomic mass is 19.3. The second kappa shape index (κ2) is 6.99. The predicted octanol–water partition coefficient (Wildman–Crippen LogP) is 3.83. The fraction of sp³-hybridized carbons (Fsp3) is 0.133. The molecular weight excluding hydrogens is 318 g/mol. The quantitative estimate of drug-likeness (QED) is 0.848. The summed E-state index contributed by atoms with van der Waals surface area (Å²) in [5.74, 6) is -2.87. The van der Waals surface area contributed by atoms with Crippen molar-refractivity contribution in [2.45, 2.75) is 6.61 Å². The van der Waals surface area contributed by atoms with Gasteiger partial charge in [0.25, 0.3) is 5.91 Å². The topological polar surface area (TPSA) is 47.6 Å². The molecule has 0 saturated carbocycles. The first-order chi connectivity index (χ1) is 10.9. The normalized spacial score (nSPS) is 10.5. The van der Waals surface area contributed by atoms with Crippen LogP contribution in [0, 0.1) is 11.6 Å².